The normalized spacial score (nSPS) is 28.3. The Morgan fingerprint density at radius 2 is 1.58 bits per heavy atom. The summed E-state index contributed by atoms with van der Waals surface area (Å²) in [5.74, 6) is 0. The lowest BCUT2D eigenvalue weighted by molar-refractivity contribution is 0.397. The molecule has 4 heteroatoms. The largest absolute Gasteiger partial charge is 0.235 e. The minimum atomic E-state index is 0.166. The van der Waals surface area contributed by atoms with Crippen LogP contribution in [0.5, 0.6) is 0 Å². The zero-order valence-electron chi connectivity index (χ0n) is 6.69. The van der Waals surface area contributed by atoms with Gasteiger partial charge in [0.15, 0.2) is 0 Å². The van der Waals surface area contributed by atoms with Crippen LogP contribution in [0.25, 0.3) is 0 Å². The monoisotopic (exact) mass is 182 g/mol. The molecule has 0 saturated heterocycles. The van der Waals surface area contributed by atoms with Crippen molar-refractivity contribution in [3.05, 3.63) is 0 Å². The molecule has 1 aliphatic rings. The summed E-state index contributed by atoms with van der Waals surface area (Å²) >= 11 is 4.51. The topological polar surface area (TPSA) is 41.8 Å². The van der Waals surface area contributed by atoms with Crippen LogP contribution >= 0.6 is 12.2 Å². The van der Waals surface area contributed by atoms with Gasteiger partial charge in [-0.1, -0.05) is 0 Å². The summed E-state index contributed by atoms with van der Waals surface area (Å²) in [5.41, 5.74) is 0. The molecule has 1 rings (SSSR count). The number of hydrogen-bond acceptors (Lipinski definition) is 4. The van der Waals surface area contributed by atoms with Crippen molar-refractivity contribution in [2.24, 2.45) is 9.98 Å². The molecule has 12 heavy (non-hydrogen) atoms. The van der Waals surface area contributed by atoms with Crippen LogP contribution in [0.15, 0.2) is 9.98 Å². The lowest BCUT2D eigenvalue weighted by atomic mass is 9.92. The van der Waals surface area contributed by atoms with Crippen molar-refractivity contribution in [3.8, 4) is 0 Å². The molecular weight excluding hydrogens is 172 g/mol. The molecule has 1 saturated carbocycles. The fourth-order valence-corrected chi connectivity index (χ4v) is 1.61. The summed E-state index contributed by atoms with van der Waals surface area (Å²) in [7, 11) is 0. The second-order valence-electron chi connectivity index (χ2n) is 2.90. The second-order valence-corrected chi connectivity index (χ2v) is 3.09. The first-order valence-electron chi connectivity index (χ1n) is 4.00. The van der Waals surface area contributed by atoms with Crippen LogP contribution in [0.4, 0.5) is 0 Å². The van der Waals surface area contributed by atoms with Crippen LogP contribution in [0.3, 0.4) is 0 Å². The number of aliphatic imine (C=N–C) groups is 2. The highest BCUT2D eigenvalue weighted by Gasteiger charge is 2.19. The number of nitrogens with zero attached hydrogens (tertiary/aromatic N) is 2. The Balaban J connectivity index is 2.38. The summed E-state index contributed by atoms with van der Waals surface area (Å²) in [4.78, 5) is 17.6. The molecule has 0 heterocycles. The zero-order chi connectivity index (χ0) is 8.81. The van der Waals surface area contributed by atoms with Crippen molar-refractivity contribution in [1.29, 1.82) is 0 Å². The lowest BCUT2D eigenvalue weighted by Crippen LogP contribution is -2.19. The van der Waals surface area contributed by atoms with Gasteiger partial charge in [-0.05, 0) is 37.9 Å². The van der Waals surface area contributed by atoms with Gasteiger partial charge in [0.1, 0.15) is 0 Å². The molecule has 0 N–H and O–H groups in total. The molecule has 1 fully saturated rings. The van der Waals surface area contributed by atoms with Gasteiger partial charge in [0.2, 0.25) is 6.08 Å². The van der Waals surface area contributed by atoms with E-state index in [0.29, 0.717) is 6.04 Å². The summed E-state index contributed by atoms with van der Waals surface area (Å²) in [6.07, 6.45) is 5.34. The Morgan fingerprint density at radius 1 is 1.08 bits per heavy atom. The lowest BCUT2D eigenvalue weighted by Gasteiger charge is -2.20. The molecule has 0 unspecified atom stereocenters. The van der Waals surface area contributed by atoms with Crippen molar-refractivity contribution in [2.75, 3.05) is 0 Å². The van der Waals surface area contributed by atoms with E-state index in [0.717, 1.165) is 25.7 Å². The first-order chi connectivity index (χ1) is 5.86. The van der Waals surface area contributed by atoms with Gasteiger partial charge < -0.3 is 0 Å². The van der Waals surface area contributed by atoms with Crippen LogP contribution in [0, 0.1) is 0 Å². The SMILES string of the molecule is O=C=NC1CCC(N=C=S)CC1. The molecular formula is C8H10N2OS. The van der Waals surface area contributed by atoms with Crippen molar-refractivity contribution < 1.29 is 4.79 Å². The molecule has 0 spiro atoms. The average molecular weight is 182 g/mol. The number of rotatable bonds is 2. The minimum absolute atomic E-state index is 0.166. The average Bonchev–Trinajstić information content (AvgIpc) is 2.09. The van der Waals surface area contributed by atoms with E-state index >= 15 is 0 Å². The third kappa shape index (κ3) is 2.67. The number of hydrogen-bond donors (Lipinski definition) is 0. The summed E-state index contributed by atoms with van der Waals surface area (Å²) in [6.45, 7) is 0. The van der Waals surface area contributed by atoms with Gasteiger partial charge >= 0.3 is 0 Å². The molecule has 0 bridgehead atoms. The van der Waals surface area contributed by atoms with Gasteiger partial charge in [0.05, 0.1) is 17.2 Å². The van der Waals surface area contributed by atoms with Gasteiger partial charge in [0.25, 0.3) is 0 Å². The highest BCUT2D eigenvalue weighted by molar-refractivity contribution is 7.78. The van der Waals surface area contributed by atoms with Crippen LogP contribution < -0.4 is 0 Å². The first-order valence-corrected chi connectivity index (χ1v) is 4.41. The maximum Gasteiger partial charge on any atom is 0.235 e. The van der Waals surface area contributed by atoms with E-state index in [-0.39, 0.29) is 6.04 Å². The van der Waals surface area contributed by atoms with Crippen LogP contribution in [0.1, 0.15) is 25.7 Å². The van der Waals surface area contributed by atoms with E-state index in [9.17, 15) is 4.79 Å². The molecule has 64 valence electrons. The molecule has 1 aliphatic carbocycles. The molecule has 0 radical (unpaired) electrons. The van der Waals surface area contributed by atoms with Crippen molar-refractivity contribution >= 4 is 23.5 Å². The summed E-state index contributed by atoms with van der Waals surface area (Å²) in [6, 6.07) is 0.472. The number of isothiocyanates is 1. The van der Waals surface area contributed by atoms with Gasteiger partial charge in [-0.25, -0.2) is 14.8 Å². The predicted molar refractivity (Wildman–Crippen MR) is 49.2 cm³/mol. The smallest absolute Gasteiger partial charge is 0.229 e. The Bertz CT molecular complexity index is 207. The van der Waals surface area contributed by atoms with Gasteiger partial charge in [0, 0.05) is 0 Å². The maximum absolute atomic E-state index is 9.94. The number of carbonyl (C=O) groups excluding carboxylic acids is 1. The Labute approximate surface area is 76.6 Å². The van der Waals surface area contributed by atoms with E-state index < -0.39 is 0 Å². The maximum atomic E-state index is 9.94. The van der Waals surface area contributed by atoms with Gasteiger partial charge in [-0.15, -0.1) is 0 Å². The van der Waals surface area contributed by atoms with Crippen LogP contribution in [0.2, 0.25) is 0 Å². The van der Waals surface area contributed by atoms with E-state index in [4.69, 9.17) is 0 Å². The van der Waals surface area contributed by atoms with E-state index in [1.54, 1.807) is 6.08 Å². The van der Waals surface area contributed by atoms with E-state index in [1.165, 1.54) is 0 Å². The van der Waals surface area contributed by atoms with E-state index in [2.05, 4.69) is 27.4 Å². The molecule has 0 aliphatic heterocycles. The standard InChI is InChI=1S/C8H10N2OS/c11-5-9-7-1-3-8(4-2-7)10-6-12/h7-8H,1-4H2. The Kier molecular flexibility index (Phi) is 3.81. The fourth-order valence-electron chi connectivity index (χ4n) is 1.47. The molecule has 0 aromatic heterocycles. The number of thiocarbonyl (C=S) groups is 1. The third-order valence-corrected chi connectivity index (χ3v) is 2.24. The highest BCUT2D eigenvalue weighted by Crippen LogP contribution is 2.22. The van der Waals surface area contributed by atoms with Crippen LogP contribution in [-0.4, -0.2) is 23.3 Å². The molecule has 0 atom stereocenters. The third-order valence-electron chi connectivity index (χ3n) is 2.14. The molecule has 0 amide bonds. The van der Waals surface area contributed by atoms with Gasteiger partial charge in [-0.2, -0.15) is 0 Å². The van der Waals surface area contributed by atoms with Crippen molar-refractivity contribution in [3.63, 3.8) is 0 Å². The van der Waals surface area contributed by atoms with E-state index in [1.807, 2.05) is 0 Å². The van der Waals surface area contributed by atoms with Crippen molar-refractivity contribution in [1.82, 2.24) is 0 Å². The quantitative estimate of drug-likeness (QED) is 0.371. The predicted octanol–water partition coefficient (Wildman–Crippen LogP) is 1.74. The summed E-state index contributed by atoms with van der Waals surface area (Å²) < 4.78 is 0. The second kappa shape index (κ2) is 4.94. The molecule has 3 nitrogen and oxygen atoms in total. The Hall–Kier alpha value is -0.820. The molecule has 0 aromatic carbocycles. The van der Waals surface area contributed by atoms with Crippen LogP contribution in [-0.2, 0) is 4.79 Å². The highest BCUT2D eigenvalue weighted by atomic mass is 32.1. The minimum Gasteiger partial charge on any atom is -0.229 e. The fraction of sp³-hybridized carbons (Fsp3) is 0.750. The van der Waals surface area contributed by atoms with Crippen molar-refractivity contribution in [2.45, 2.75) is 37.8 Å². The number of isocyanates is 1. The summed E-state index contributed by atoms with van der Waals surface area (Å²) in [5, 5.41) is 2.38. The Morgan fingerprint density at radius 3 is 2.00 bits per heavy atom. The van der Waals surface area contributed by atoms with Gasteiger partial charge in [-0.3, -0.25) is 0 Å². The zero-order valence-corrected chi connectivity index (χ0v) is 7.51. The molecule has 0 aromatic rings. The first kappa shape index (κ1) is 9.27.